The number of rotatable bonds is 1. The van der Waals surface area contributed by atoms with Crippen molar-refractivity contribution < 1.29 is 4.74 Å². The van der Waals surface area contributed by atoms with Crippen LogP contribution in [0.4, 0.5) is 0 Å². The van der Waals surface area contributed by atoms with E-state index in [-0.39, 0.29) is 0 Å². The molecule has 10 heavy (non-hydrogen) atoms. The molecule has 0 N–H and O–H groups in total. The second-order valence-electron chi connectivity index (χ2n) is 4.28. The summed E-state index contributed by atoms with van der Waals surface area (Å²) in [6.07, 6.45) is 0.384. The molecular weight excluding hydrogens is 124 g/mol. The molecule has 0 spiro atoms. The summed E-state index contributed by atoms with van der Waals surface area (Å²) in [5.74, 6) is 0. The minimum absolute atomic E-state index is 0.384. The molecule has 0 saturated heterocycles. The summed E-state index contributed by atoms with van der Waals surface area (Å²) < 4.78 is 4.75. The van der Waals surface area contributed by atoms with Gasteiger partial charge in [0.1, 0.15) is 0 Å². The van der Waals surface area contributed by atoms with Crippen molar-refractivity contribution in [2.24, 2.45) is 5.41 Å². The molecule has 0 aromatic rings. The van der Waals surface area contributed by atoms with Gasteiger partial charge in [-0.1, -0.05) is 27.7 Å². The maximum absolute atomic E-state index is 4.75. The summed E-state index contributed by atoms with van der Waals surface area (Å²) in [5, 5.41) is 0. The average molecular weight is 146 g/mol. The highest BCUT2D eigenvalue weighted by Crippen LogP contribution is 2.07. The highest BCUT2D eigenvalue weighted by Gasteiger charge is 1.95. The van der Waals surface area contributed by atoms with Crippen molar-refractivity contribution in [2.75, 3.05) is 7.11 Å². The molecule has 0 saturated carbocycles. The predicted molar refractivity (Wildman–Crippen MR) is 47.3 cm³/mol. The van der Waals surface area contributed by atoms with Gasteiger partial charge < -0.3 is 4.74 Å². The van der Waals surface area contributed by atoms with E-state index in [0.29, 0.717) is 11.5 Å². The second kappa shape index (κ2) is 5.72. The van der Waals surface area contributed by atoms with Crippen molar-refractivity contribution in [3.8, 4) is 0 Å². The molecule has 0 radical (unpaired) electrons. The Morgan fingerprint density at radius 2 is 1.10 bits per heavy atom. The van der Waals surface area contributed by atoms with Crippen molar-refractivity contribution >= 4 is 0 Å². The van der Waals surface area contributed by atoms with Crippen LogP contribution in [0.2, 0.25) is 0 Å². The van der Waals surface area contributed by atoms with Gasteiger partial charge in [0.25, 0.3) is 0 Å². The van der Waals surface area contributed by atoms with Gasteiger partial charge in [0, 0.05) is 7.11 Å². The Bertz CT molecular complexity index is 53.6. The first kappa shape index (κ1) is 12.6. The lowest BCUT2D eigenvalue weighted by molar-refractivity contribution is 0.134. The van der Waals surface area contributed by atoms with Crippen LogP contribution in [0.3, 0.4) is 0 Å². The molecule has 0 aliphatic carbocycles. The van der Waals surface area contributed by atoms with Gasteiger partial charge in [-0.3, -0.25) is 0 Å². The van der Waals surface area contributed by atoms with Gasteiger partial charge >= 0.3 is 0 Å². The first-order valence-electron chi connectivity index (χ1n) is 3.80. The second-order valence-corrected chi connectivity index (χ2v) is 4.28. The van der Waals surface area contributed by atoms with Gasteiger partial charge in [-0.15, -0.1) is 0 Å². The van der Waals surface area contributed by atoms with Crippen LogP contribution in [-0.4, -0.2) is 13.2 Å². The third-order valence-electron chi connectivity index (χ3n) is 0.471. The summed E-state index contributed by atoms with van der Waals surface area (Å²) in [4.78, 5) is 0. The van der Waals surface area contributed by atoms with E-state index in [2.05, 4.69) is 27.7 Å². The molecule has 0 atom stereocenters. The Labute approximate surface area is 65.8 Å². The third kappa shape index (κ3) is 100. The van der Waals surface area contributed by atoms with E-state index in [4.69, 9.17) is 4.74 Å². The fourth-order valence-electron chi connectivity index (χ4n) is 0. The molecule has 1 heteroatoms. The number of hydrogen-bond acceptors (Lipinski definition) is 1. The summed E-state index contributed by atoms with van der Waals surface area (Å²) in [5.41, 5.74) is 0.500. The molecule has 0 rings (SSSR count). The van der Waals surface area contributed by atoms with Crippen molar-refractivity contribution in [2.45, 2.75) is 47.6 Å². The fourth-order valence-corrected chi connectivity index (χ4v) is 0. The predicted octanol–water partition coefficient (Wildman–Crippen LogP) is 3.09. The molecule has 0 aromatic heterocycles. The van der Waals surface area contributed by atoms with E-state index >= 15 is 0 Å². The minimum Gasteiger partial charge on any atom is -0.382 e. The zero-order valence-corrected chi connectivity index (χ0v) is 8.49. The Kier molecular flexibility index (Phi) is 7.22. The smallest absolute Gasteiger partial charge is 0.0515 e. The molecule has 0 aliphatic rings. The van der Waals surface area contributed by atoms with Crippen LogP contribution in [-0.2, 0) is 4.74 Å². The normalized spacial score (nSPS) is 10.8. The fraction of sp³-hybridized carbons (Fsp3) is 1.00. The Morgan fingerprint density at radius 3 is 1.10 bits per heavy atom. The Balaban J connectivity index is 0. The van der Waals surface area contributed by atoms with Crippen molar-refractivity contribution in [1.29, 1.82) is 0 Å². The maximum atomic E-state index is 4.75. The molecule has 0 fully saturated rings. The first-order chi connectivity index (χ1) is 4.27. The summed E-state index contributed by atoms with van der Waals surface area (Å²) in [6.45, 7) is 12.8. The topological polar surface area (TPSA) is 9.23 Å². The van der Waals surface area contributed by atoms with E-state index in [1.54, 1.807) is 7.11 Å². The quantitative estimate of drug-likeness (QED) is 0.552. The minimum atomic E-state index is 0.384. The molecule has 0 unspecified atom stereocenters. The zero-order chi connectivity index (χ0) is 8.78. The zero-order valence-electron chi connectivity index (χ0n) is 8.49. The van der Waals surface area contributed by atoms with Crippen LogP contribution in [0.15, 0.2) is 0 Å². The van der Waals surface area contributed by atoms with E-state index in [1.165, 1.54) is 0 Å². The number of hydrogen-bond donors (Lipinski definition) is 0. The largest absolute Gasteiger partial charge is 0.382 e. The van der Waals surface area contributed by atoms with Crippen LogP contribution in [0.25, 0.3) is 0 Å². The lowest BCUT2D eigenvalue weighted by atomic mass is 10.0. The molecule has 0 amide bonds. The number of methoxy groups -OCH3 is 1. The van der Waals surface area contributed by atoms with Gasteiger partial charge in [0.2, 0.25) is 0 Å². The van der Waals surface area contributed by atoms with Gasteiger partial charge in [0.05, 0.1) is 6.10 Å². The van der Waals surface area contributed by atoms with Crippen LogP contribution < -0.4 is 0 Å². The van der Waals surface area contributed by atoms with E-state index < -0.39 is 0 Å². The average Bonchev–Trinajstić information content (AvgIpc) is 1.61. The van der Waals surface area contributed by atoms with Crippen LogP contribution in [0.1, 0.15) is 41.5 Å². The SMILES string of the molecule is CC(C)(C)C.COC(C)C. The maximum Gasteiger partial charge on any atom is 0.0515 e. The molecular formula is C9H22O. The van der Waals surface area contributed by atoms with Gasteiger partial charge in [-0.05, 0) is 19.3 Å². The monoisotopic (exact) mass is 146 g/mol. The summed E-state index contributed by atoms with van der Waals surface area (Å²) >= 11 is 0. The van der Waals surface area contributed by atoms with Crippen LogP contribution >= 0.6 is 0 Å². The van der Waals surface area contributed by atoms with Gasteiger partial charge in [-0.2, -0.15) is 0 Å². The molecule has 64 valence electrons. The van der Waals surface area contributed by atoms with Crippen molar-refractivity contribution in [3.63, 3.8) is 0 Å². The number of ether oxygens (including phenoxy) is 1. The Hall–Kier alpha value is -0.0400. The molecule has 0 bridgehead atoms. The lowest BCUT2D eigenvalue weighted by Gasteiger charge is -2.05. The highest BCUT2D eigenvalue weighted by atomic mass is 16.5. The molecule has 1 nitrogen and oxygen atoms in total. The van der Waals surface area contributed by atoms with Crippen LogP contribution in [0, 0.1) is 5.41 Å². The lowest BCUT2D eigenvalue weighted by Crippen LogP contribution is -1.94. The van der Waals surface area contributed by atoms with E-state index in [9.17, 15) is 0 Å². The Morgan fingerprint density at radius 1 is 1.00 bits per heavy atom. The third-order valence-corrected chi connectivity index (χ3v) is 0.471. The standard InChI is InChI=1S/C5H12.C4H10O/c1-5(2,3)4;1-4(2)5-3/h1-4H3;4H,1-3H3. The first-order valence-corrected chi connectivity index (χ1v) is 3.80. The molecule has 0 heterocycles. The van der Waals surface area contributed by atoms with E-state index in [0.717, 1.165) is 0 Å². The highest BCUT2D eigenvalue weighted by molar-refractivity contribution is 4.47. The summed E-state index contributed by atoms with van der Waals surface area (Å²) in [7, 11) is 1.70. The molecule has 0 aromatic carbocycles. The van der Waals surface area contributed by atoms with E-state index in [1.807, 2.05) is 13.8 Å². The van der Waals surface area contributed by atoms with Gasteiger partial charge in [-0.25, -0.2) is 0 Å². The van der Waals surface area contributed by atoms with Gasteiger partial charge in [0.15, 0.2) is 0 Å². The summed E-state index contributed by atoms with van der Waals surface area (Å²) in [6, 6.07) is 0. The van der Waals surface area contributed by atoms with Crippen LogP contribution in [0.5, 0.6) is 0 Å². The van der Waals surface area contributed by atoms with Crippen molar-refractivity contribution in [1.82, 2.24) is 0 Å². The molecule has 0 aliphatic heterocycles. The van der Waals surface area contributed by atoms with Crippen molar-refractivity contribution in [3.05, 3.63) is 0 Å².